The second kappa shape index (κ2) is 4.68. The second-order valence-electron chi connectivity index (χ2n) is 5.24. The van der Waals surface area contributed by atoms with Crippen LogP contribution in [0.3, 0.4) is 0 Å². The largest absolute Gasteiger partial charge is 0.321 e. The van der Waals surface area contributed by atoms with E-state index in [0.29, 0.717) is 11.6 Å². The lowest BCUT2D eigenvalue weighted by atomic mass is 10.2. The summed E-state index contributed by atoms with van der Waals surface area (Å²) in [6.07, 6.45) is 5.92. The summed E-state index contributed by atoms with van der Waals surface area (Å²) in [5, 5.41) is 9.11. The van der Waals surface area contributed by atoms with Crippen molar-refractivity contribution >= 4 is 27.0 Å². The fourth-order valence-corrected chi connectivity index (χ4v) is 2.97. The Morgan fingerprint density at radius 2 is 2.10 bits per heavy atom. The molecule has 0 N–H and O–H groups in total. The monoisotopic (exact) mass is 338 g/mol. The minimum atomic E-state index is 0.484. The molecule has 0 bridgehead atoms. The van der Waals surface area contributed by atoms with Gasteiger partial charge in [0.05, 0.1) is 22.7 Å². The molecule has 0 radical (unpaired) electrons. The Balaban J connectivity index is 2.00. The van der Waals surface area contributed by atoms with Crippen molar-refractivity contribution in [2.75, 3.05) is 0 Å². The molecule has 1 aromatic carbocycles. The first-order valence-corrected chi connectivity index (χ1v) is 7.58. The van der Waals surface area contributed by atoms with Gasteiger partial charge in [-0.1, -0.05) is 0 Å². The van der Waals surface area contributed by atoms with E-state index in [2.05, 4.69) is 31.6 Å². The van der Waals surface area contributed by atoms with Crippen LogP contribution in [0.4, 0.5) is 0 Å². The van der Waals surface area contributed by atoms with Crippen molar-refractivity contribution < 1.29 is 0 Å². The number of hydrogen-bond acceptors (Lipinski definition) is 3. The number of fused-ring (bicyclic) bond motifs is 1. The van der Waals surface area contributed by atoms with Gasteiger partial charge < -0.3 is 4.57 Å². The number of rotatable bonds is 2. The average Bonchev–Trinajstić information content (AvgIpc) is 3.26. The van der Waals surface area contributed by atoms with Crippen LogP contribution in [0.5, 0.6) is 0 Å². The predicted octanol–water partition coefficient (Wildman–Crippen LogP) is 4.07. The standard InChI is InChI=1S/C16H11BrN4/c17-12-6-11(8-19-9-12)16-20-14-4-1-10(7-18)5-15(14)21(16)13-2-3-13/h1,4-6,8-9,13H,2-3H2. The van der Waals surface area contributed by atoms with Gasteiger partial charge in [0.1, 0.15) is 5.82 Å². The van der Waals surface area contributed by atoms with Gasteiger partial charge in [0.2, 0.25) is 0 Å². The minimum absolute atomic E-state index is 0.484. The predicted molar refractivity (Wildman–Crippen MR) is 83.7 cm³/mol. The number of aromatic nitrogens is 3. The summed E-state index contributed by atoms with van der Waals surface area (Å²) in [7, 11) is 0. The first-order chi connectivity index (χ1) is 10.3. The molecule has 0 saturated heterocycles. The van der Waals surface area contributed by atoms with Crippen molar-refractivity contribution in [3.05, 3.63) is 46.7 Å². The van der Waals surface area contributed by atoms with E-state index in [1.807, 2.05) is 30.5 Å². The lowest BCUT2D eigenvalue weighted by Crippen LogP contribution is -1.98. The van der Waals surface area contributed by atoms with Crippen LogP contribution >= 0.6 is 15.9 Å². The second-order valence-corrected chi connectivity index (χ2v) is 6.16. The zero-order valence-corrected chi connectivity index (χ0v) is 12.7. The summed E-state index contributed by atoms with van der Waals surface area (Å²) >= 11 is 3.46. The summed E-state index contributed by atoms with van der Waals surface area (Å²) in [5.41, 5.74) is 3.62. The highest BCUT2D eigenvalue weighted by molar-refractivity contribution is 9.10. The number of benzene rings is 1. The molecule has 2 heterocycles. The van der Waals surface area contributed by atoms with Gasteiger partial charge in [-0.05, 0) is 53.0 Å². The van der Waals surface area contributed by atoms with Gasteiger partial charge in [-0.3, -0.25) is 4.98 Å². The maximum absolute atomic E-state index is 9.11. The Morgan fingerprint density at radius 3 is 2.81 bits per heavy atom. The maximum Gasteiger partial charge on any atom is 0.142 e. The van der Waals surface area contributed by atoms with E-state index in [1.54, 1.807) is 6.20 Å². The van der Waals surface area contributed by atoms with Crippen molar-refractivity contribution in [1.29, 1.82) is 5.26 Å². The third-order valence-electron chi connectivity index (χ3n) is 3.69. The van der Waals surface area contributed by atoms with E-state index in [-0.39, 0.29) is 0 Å². The van der Waals surface area contributed by atoms with Crippen molar-refractivity contribution in [1.82, 2.24) is 14.5 Å². The minimum Gasteiger partial charge on any atom is -0.321 e. The molecular weight excluding hydrogens is 328 g/mol. The van der Waals surface area contributed by atoms with Crippen LogP contribution in [0, 0.1) is 11.3 Å². The summed E-state index contributed by atoms with van der Waals surface area (Å²) in [6, 6.07) is 10.4. The van der Waals surface area contributed by atoms with E-state index >= 15 is 0 Å². The fourth-order valence-electron chi connectivity index (χ4n) is 2.60. The summed E-state index contributed by atoms with van der Waals surface area (Å²) in [6.45, 7) is 0. The van der Waals surface area contributed by atoms with Crippen molar-refractivity contribution in [2.45, 2.75) is 18.9 Å². The number of imidazole rings is 1. The van der Waals surface area contributed by atoms with Crippen LogP contribution in [0.15, 0.2) is 41.1 Å². The van der Waals surface area contributed by atoms with Crippen LogP contribution in [-0.4, -0.2) is 14.5 Å². The quantitative estimate of drug-likeness (QED) is 0.707. The smallest absolute Gasteiger partial charge is 0.142 e. The van der Waals surface area contributed by atoms with Crippen LogP contribution in [0.2, 0.25) is 0 Å². The van der Waals surface area contributed by atoms with Gasteiger partial charge in [-0.2, -0.15) is 5.26 Å². The van der Waals surface area contributed by atoms with Gasteiger partial charge in [0, 0.05) is 28.5 Å². The summed E-state index contributed by atoms with van der Waals surface area (Å²) in [4.78, 5) is 8.99. The van der Waals surface area contributed by atoms with Gasteiger partial charge in [0.25, 0.3) is 0 Å². The normalized spacial score (nSPS) is 14.3. The molecule has 0 atom stereocenters. The first kappa shape index (κ1) is 12.5. The number of halogens is 1. The van der Waals surface area contributed by atoms with E-state index in [1.165, 1.54) is 0 Å². The molecule has 5 heteroatoms. The highest BCUT2D eigenvalue weighted by Gasteiger charge is 2.28. The lowest BCUT2D eigenvalue weighted by molar-refractivity contribution is 0.774. The molecule has 1 fully saturated rings. The highest BCUT2D eigenvalue weighted by atomic mass is 79.9. The number of nitriles is 1. The van der Waals surface area contributed by atoms with Crippen LogP contribution in [0.25, 0.3) is 22.4 Å². The Hall–Kier alpha value is -2.19. The molecule has 1 saturated carbocycles. The zero-order valence-electron chi connectivity index (χ0n) is 11.1. The Bertz CT molecular complexity index is 887. The molecule has 0 amide bonds. The van der Waals surface area contributed by atoms with E-state index in [9.17, 15) is 0 Å². The molecular formula is C16H11BrN4. The maximum atomic E-state index is 9.11. The fraction of sp³-hybridized carbons (Fsp3) is 0.188. The Morgan fingerprint density at radius 1 is 1.24 bits per heavy atom. The van der Waals surface area contributed by atoms with Gasteiger partial charge in [-0.15, -0.1) is 0 Å². The van der Waals surface area contributed by atoms with Crippen molar-refractivity contribution in [2.24, 2.45) is 0 Å². The molecule has 4 nitrogen and oxygen atoms in total. The Kier molecular flexibility index (Phi) is 2.79. The zero-order chi connectivity index (χ0) is 14.4. The molecule has 21 heavy (non-hydrogen) atoms. The van der Waals surface area contributed by atoms with Crippen molar-refractivity contribution in [3.8, 4) is 17.5 Å². The topological polar surface area (TPSA) is 54.5 Å². The third-order valence-corrected chi connectivity index (χ3v) is 4.13. The first-order valence-electron chi connectivity index (χ1n) is 6.79. The number of nitrogens with zero attached hydrogens (tertiary/aromatic N) is 4. The molecule has 2 aromatic heterocycles. The molecule has 0 unspecified atom stereocenters. The van der Waals surface area contributed by atoms with Gasteiger partial charge in [0.15, 0.2) is 0 Å². The summed E-state index contributed by atoms with van der Waals surface area (Å²) < 4.78 is 3.19. The molecule has 4 rings (SSSR count). The lowest BCUT2D eigenvalue weighted by Gasteiger charge is -2.07. The molecule has 3 aromatic rings. The molecule has 102 valence electrons. The molecule has 0 aliphatic heterocycles. The van der Waals surface area contributed by atoms with Crippen LogP contribution in [0.1, 0.15) is 24.4 Å². The Labute approximate surface area is 130 Å². The van der Waals surface area contributed by atoms with Crippen LogP contribution < -0.4 is 0 Å². The summed E-state index contributed by atoms with van der Waals surface area (Å²) in [5.74, 6) is 0.927. The van der Waals surface area contributed by atoms with Gasteiger partial charge in [-0.25, -0.2) is 4.98 Å². The highest BCUT2D eigenvalue weighted by Crippen LogP contribution is 2.41. The number of hydrogen-bond donors (Lipinski definition) is 0. The van der Waals surface area contributed by atoms with E-state index < -0.39 is 0 Å². The SMILES string of the molecule is N#Cc1ccc2nc(-c3cncc(Br)c3)n(C3CC3)c2c1. The van der Waals surface area contributed by atoms with Crippen molar-refractivity contribution in [3.63, 3.8) is 0 Å². The molecule has 1 aliphatic carbocycles. The average molecular weight is 339 g/mol. The van der Waals surface area contributed by atoms with Gasteiger partial charge >= 0.3 is 0 Å². The number of pyridine rings is 1. The van der Waals surface area contributed by atoms with E-state index in [4.69, 9.17) is 10.2 Å². The van der Waals surface area contributed by atoms with Crippen LogP contribution in [-0.2, 0) is 0 Å². The molecule has 1 aliphatic rings. The third kappa shape index (κ3) is 2.12. The molecule has 0 spiro atoms. The van der Waals surface area contributed by atoms with E-state index in [0.717, 1.165) is 39.7 Å².